The fraction of sp³-hybridized carbons (Fsp3) is 0.261. The number of alkyl halides is 3. The highest BCUT2D eigenvalue weighted by molar-refractivity contribution is 5.97. The third-order valence-electron chi connectivity index (χ3n) is 5.25. The average Bonchev–Trinajstić information content (AvgIpc) is 3.06. The summed E-state index contributed by atoms with van der Waals surface area (Å²) in [7, 11) is 1.44. The van der Waals surface area contributed by atoms with Crippen molar-refractivity contribution in [2.24, 2.45) is 4.99 Å². The van der Waals surface area contributed by atoms with E-state index in [4.69, 9.17) is 9.15 Å². The molecule has 4 rings (SSSR count). The summed E-state index contributed by atoms with van der Waals surface area (Å²) in [5.74, 6) is -0.582. The molecule has 0 spiro atoms. The van der Waals surface area contributed by atoms with E-state index < -0.39 is 17.9 Å². The largest absolute Gasteiger partial charge is 0.573 e. The number of nitrogens with zero attached hydrogens (tertiary/aromatic N) is 1. The van der Waals surface area contributed by atoms with Crippen molar-refractivity contribution in [1.29, 1.82) is 0 Å². The minimum atomic E-state index is -4.80. The fourth-order valence-electron chi connectivity index (χ4n) is 3.78. The van der Waals surface area contributed by atoms with Gasteiger partial charge in [0.2, 0.25) is 0 Å². The number of para-hydroxylation sites is 1. The standard InChI is InChI=1S/C23H19F3N2O5/c1-12-15(16-11-14(33-23(24,25)26)6-7-18(16)28-12)8-9-27-21(29)17-10-13-4-3-5-19(31-2)20(13)32-22(17)30/h3-7,10-12H,8-9H2,1-2H3,(H,27,29). The van der Waals surface area contributed by atoms with Gasteiger partial charge in [0.05, 0.1) is 18.5 Å². The number of hydrogen-bond donors (Lipinski definition) is 1. The van der Waals surface area contributed by atoms with E-state index >= 15 is 0 Å². The van der Waals surface area contributed by atoms with Crippen LogP contribution in [0.1, 0.15) is 23.7 Å². The molecule has 0 bridgehead atoms. The Kier molecular flexibility index (Phi) is 5.84. The first-order valence-corrected chi connectivity index (χ1v) is 10.0. The second-order valence-corrected chi connectivity index (χ2v) is 7.39. The summed E-state index contributed by atoms with van der Waals surface area (Å²) in [6.07, 6.45) is -4.47. The Hall–Kier alpha value is -3.82. The molecule has 1 amide bonds. The van der Waals surface area contributed by atoms with Gasteiger partial charge in [-0.1, -0.05) is 12.1 Å². The molecule has 3 aromatic rings. The van der Waals surface area contributed by atoms with Crippen LogP contribution in [-0.4, -0.2) is 32.0 Å². The molecule has 33 heavy (non-hydrogen) atoms. The van der Waals surface area contributed by atoms with Gasteiger partial charge in [-0.05, 0) is 49.2 Å². The molecule has 1 aliphatic rings. The first-order valence-electron chi connectivity index (χ1n) is 10.0. The second kappa shape index (κ2) is 8.61. The zero-order chi connectivity index (χ0) is 23.8. The van der Waals surface area contributed by atoms with Crippen molar-refractivity contribution in [1.82, 2.24) is 5.32 Å². The number of nitrogens with one attached hydrogen (secondary N) is 1. The van der Waals surface area contributed by atoms with Crippen LogP contribution in [0.5, 0.6) is 11.5 Å². The molecule has 7 nitrogen and oxygen atoms in total. The van der Waals surface area contributed by atoms with Crippen molar-refractivity contribution in [3.63, 3.8) is 0 Å². The molecule has 0 aliphatic carbocycles. The number of rotatable bonds is 6. The summed E-state index contributed by atoms with van der Waals surface area (Å²) < 4.78 is 52.1. The minimum absolute atomic E-state index is 0.146. The lowest BCUT2D eigenvalue weighted by atomic mass is 10.0. The van der Waals surface area contributed by atoms with Gasteiger partial charge in [0.25, 0.3) is 5.91 Å². The number of benzene rings is 2. The van der Waals surface area contributed by atoms with Gasteiger partial charge in [-0.15, -0.1) is 13.2 Å². The molecular formula is C23H19F3N2O5. The molecule has 0 radical (unpaired) electrons. The number of fused-ring (bicyclic) bond motifs is 2. The van der Waals surface area contributed by atoms with E-state index in [-0.39, 0.29) is 29.5 Å². The lowest BCUT2D eigenvalue weighted by molar-refractivity contribution is -0.274. The summed E-state index contributed by atoms with van der Waals surface area (Å²) in [5, 5.41) is 4.29. The van der Waals surface area contributed by atoms with Gasteiger partial charge < -0.3 is 19.2 Å². The fourth-order valence-corrected chi connectivity index (χ4v) is 3.78. The molecule has 0 saturated heterocycles. The summed E-state index contributed by atoms with van der Waals surface area (Å²) in [5.41, 5.74) is 0.0343. The zero-order valence-corrected chi connectivity index (χ0v) is 17.7. The molecule has 1 aromatic heterocycles. The molecule has 1 N–H and O–H groups in total. The quantitative estimate of drug-likeness (QED) is 0.572. The second-order valence-electron chi connectivity index (χ2n) is 7.39. The first-order chi connectivity index (χ1) is 15.7. The van der Waals surface area contributed by atoms with Crippen LogP contribution >= 0.6 is 0 Å². The van der Waals surface area contributed by atoms with Gasteiger partial charge in [-0.2, -0.15) is 0 Å². The van der Waals surface area contributed by atoms with E-state index in [1.165, 1.54) is 31.4 Å². The molecule has 1 atom stereocenters. The molecule has 1 unspecified atom stereocenters. The van der Waals surface area contributed by atoms with Crippen molar-refractivity contribution in [2.75, 3.05) is 13.7 Å². The van der Waals surface area contributed by atoms with Crippen LogP contribution in [0.4, 0.5) is 13.2 Å². The van der Waals surface area contributed by atoms with E-state index in [1.54, 1.807) is 18.2 Å². The van der Waals surface area contributed by atoms with Crippen molar-refractivity contribution in [2.45, 2.75) is 25.7 Å². The van der Waals surface area contributed by atoms with Crippen molar-refractivity contribution >= 4 is 22.4 Å². The summed E-state index contributed by atoms with van der Waals surface area (Å²) in [4.78, 5) is 29.3. The predicted molar refractivity (Wildman–Crippen MR) is 113 cm³/mol. The van der Waals surface area contributed by atoms with E-state index in [2.05, 4.69) is 15.0 Å². The van der Waals surface area contributed by atoms with Crippen molar-refractivity contribution in [3.05, 3.63) is 69.0 Å². The van der Waals surface area contributed by atoms with Crippen LogP contribution in [0, 0.1) is 0 Å². The minimum Gasteiger partial charge on any atom is -0.493 e. The Bertz CT molecular complexity index is 1410. The first kappa shape index (κ1) is 22.4. The third-order valence-corrected chi connectivity index (χ3v) is 5.25. The van der Waals surface area contributed by atoms with Gasteiger partial charge >= 0.3 is 12.0 Å². The maximum Gasteiger partial charge on any atom is 0.573 e. The van der Waals surface area contributed by atoms with Crippen LogP contribution in [-0.2, 0) is 0 Å². The summed E-state index contributed by atoms with van der Waals surface area (Å²) >= 11 is 0. The Balaban J connectivity index is 1.53. The molecule has 10 heteroatoms. The Morgan fingerprint density at radius 2 is 2.00 bits per heavy atom. The normalized spacial score (nSPS) is 15.2. The maximum absolute atomic E-state index is 12.6. The van der Waals surface area contributed by atoms with Gasteiger partial charge in [0.1, 0.15) is 11.3 Å². The van der Waals surface area contributed by atoms with Crippen LogP contribution in [0.25, 0.3) is 16.5 Å². The number of amides is 1. The summed E-state index contributed by atoms with van der Waals surface area (Å²) in [6, 6.07) is 10.2. The van der Waals surface area contributed by atoms with Gasteiger partial charge in [0, 0.05) is 17.1 Å². The third kappa shape index (κ3) is 4.69. The van der Waals surface area contributed by atoms with E-state index in [0.717, 1.165) is 5.57 Å². The molecule has 172 valence electrons. The summed E-state index contributed by atoms with van der Waals surface area (Å²) in [6.45, 7) is 1.96. The maximum atomic E-state index is 12.6. The molecular weight excluding hydrogens is 441 g/mol. The molecule has 2 aromatic carbocycles. The molecule has 1 aliphatic heterocycles. The highest BCUT2D eigenvalue weighted by Gasteiger charge is 2.31. The van der Waals surface area contributed by atoms with E-state index in [0.29, 0.717) is 28.1 Å². The van der Waals surface area contributed by atoms with Crippen LogP contribution < -0.4 is 31.0 Å². The molecule has 0 saturated carbocycles. The number of carbonyl (C=O) groups excluding carboxylic acids is 1. The zero-order valence-electron chi connectivity index (χ0n) is 17.7. The van der Waals surface area contributed by atoms with Crippen LogP contribution in [0.15, 0.2) is 56.7 Å². The van der Waals surface area contributed by atoms with Crippen LogP contribution in [0.3, 0.4) is 0 Å². The Labute approximate surface area is 185 Å². The number of methoxy groups -OCH3 is 1. The van der Waals surface area contributed by atoms with Crippen molar-refractivity contribution in [3.8, 4) is 11.5 Å². The number of ether oxygens (including phenoxy) is 2. The van der Waals surface area contributed by atoms with Crippen molar-refractivity contribution < 1.29 is 31.9 Å². The monoisotopic (exact) mass is 460 g/mol. The number of carbonyl (C=O) groups is 1. The van der Waals surface area contributed by atoms with Gasteiger partial charge in [0.15, 0.2) is 11.3 Å². The number of halogens is 3. The smallest absolute Gasteiger partial charge is 0.493 e. The topological polar surface area (TPSA) is 90.1 Å². The lowest BCUT2D eigenvalue weighted by Gasteiger charge is -2.10. The number of hydrogen-bond acceptors (Lipinski definition) is 6. The van der Waals surface area contributed by atoms with Gasteiger partial charge in [-0.3, -0.25) is 9.79 Å². The van der Waals surface area contributed by atoms with Crippen LogP contribution in [0.2, 0.25) is 0 Å². The SMILES string of the molecule is COc1cccc2cc(C(=O)NCCC3=c4cc(OC(F)(F)F)ccc4=NC3C)c(=O)oc12. The van der Waals surface area contributed by atoms with E-state index in [9.17, 15) is 22.8 Å². The Morgan fingerprint density at radius 1 is 1.21 bits per heavy atom. The lowest BCUT2D eigenvalue weighted by Crippen LogP contribution is -2.30. The highest BCUT2D eigenvalue weighted by atomic mass is 19.4. The van der Waals surface area contributed by atoms with Gasteiger partial charge in [-0.25, -0.2) is 4.79 Å². The Morgan fingerprint density at radius 3 is 2.73 bits per heavy atom. The average molecular weight is 460 g/mol. The molecule has 0 fully saturated rings. The molecule has 2 heterocycles. The predicted octanol–water partition coefficient (Wildman–Crippen LogP) is 2.69. The highest BCUT2D eigenvalue weighted by Crippen LogP contribution is 2.24. The van der Waals surface area contributed by atoms with E-state index in [1.807, 2.05) is 6.92 Å².